The fourth-order valence-electron chi connectivity index (χ4n) is 1.45. The van der Waals surface area contributed by atoms with Crippen LogP contribution in [0.4, 0.5) is 11.5 Å². The van der Waals surface area contributed by atoms with Crippen molar-refractivity contribution in [3.63, 3.8) is 0 Å². The number of ether oxygens (including phenoxy) is 1. The van der Waals surface area contributed by atoms with Gasteiger partial charge in [0.1, 0.15) is 0 Å². The molecule has 8 nitrogen and oxygen atoms in total. The summed E-state index contributed by atoms with van der Waals surface area (Å²) in [6, 6.07) is 2.63. The van der Waals surface area contributed by atoms with Gasteiger partial charge in [-0.1, -0.05) is 6.92 Å². The molecule has 0 bridgehead atoms. The van der Waals surface area contributed by atoms with Crippen LogP contribution in [0.1, 0.15) is 13.3 Å². The van der Waals surface area contributed by atoms with E-state index in [1.165, 1.54) is 19.2 Å². The predicted molar refractivity (Wildman–Crippen MR) is 67.3 cm³/mol. The standard InChI is InChI=1S/C11H15N3O5/c1-3-7(11(15)16)6-12-10-8(14(17)18)4-5-9(13-10)19-2/h4-5,7H,3,6H2,1-2H3,(H,12,13)(H,15,16). The first-order valence-electron chi connectivity index (χ1n) is 5.65. The number of nitrogens with one attached hydrogen (secondary N) is 1. The second-order valence-electron chi connectivity index (χ2n) is 3.80. The summed E-state index contributed by atoms with van der Waals surface area (Å²) in [6.45, 7) is 1.79. The number of carbonyl (C=O) groups is 1. The van der Waals surface area contributed by atoms with Crippen LogP contribution in [0.2, 0.25) is 0 Å². The Morgan fingerprint density at radius 3 is 2.79 bits per heavy atom. The molecule has 1 unspecified atom stereocenters. The van der Waals surface area contributed by atoms with E-state index in [0.717, 1.165) is 0 Å². The van der Waals surface area contributed by atoms with Gasteiger partial charge in [-0.2, -0.15) is 4.98 Å². The number of carboxylic acid groups (broad SMARTS) is 1. The minimum atomic E-state index is -0.958. The third kappa shape index (κ3) is 3.80. The molecule has 0 fully saturated rings. The lowest BCUT2D eigenvalue weighted by molar-refractivity contribution is -0.384. The number of aliphatic carboxylic acids is 1. The summed E-state index contributed by atoms with van der Waals surface area (Å²) in [4.78, 5) is 25.0. The summed E-state index contributed by atoms with van der Waals surface area (Å²) in [5.41, 5.74) is -0.221. The first-order valence-corrected chi connectivity index (χ1v) is 5.65. The molecule has 1 aromatic heterocycles. The van der Waals surface area contributed by atoms with Crippen LogP contribution < -0.4 is 10.1 Å². The largest absolute Gasteiger partial charge is 0.481 e. The number of nitro groups is 1. The van der Waals surface area contributed by atoms with Gasteiger partial charge >= 0.3 is 11.7 Å². The van der Waals surface area contributed by atoms with Gasteiger partial charge < -0.3 is 15.2 Å². The number of rotatable bonds is 7. The molecule has 1 aromatic rings. The maximum absolute atomic E-state index is 10.9. The molecule has 19 heavy (non-hydrogen) atoms. The Morgan fingerprint density at radius 1 is 1.63 bits per heavy atom. The molecule has 0 aliphatic rings. The maximum Gasteiger partial charge on any atom is 0.311 e. The van der Waals surface area contributed by atoms with Crippen LogP contribution in [0, 0.1) is 16.0 Å². The molecule has 0 saturated carbocycles. The minimum Gasteiger partial charge on any atom is -0.481 e. The van der Waals surface area contributed by atoms with E-state index >= 15 is 0 Å². The summed E-state index contributed by atoms with van der Waals surface area (Å²) in [5.74, 6) is -1.37. The fourth-order valence-corrected chi connectivity index (χ4v) is 1.45. The van der Waals surface area contributed by atoms with Crippen molar-refractivity contribution in [1.29, 1.82) is 0 Å². The highest BCUT2D eigenvalue weighted by atomic mass is 16.6. The molecule has 1 atom stereocenters. The Hall–Kier alpha value is -2.38. The van der Waals surface area contributed by atoms with E-state index in [2.05, 4.69) is 10.3 Å². The molecule has 0 amide bonds. The molecule has 0 aromatic carbocycles. The van der Waals surface area contributed by atoms with E-state index in [0.29, 0.717) is 6.42 Å². The predicted octanol–water partition coefficient (Wildman–Crippen LogP) is 1.52. The van der Waals surface area contributed by atoms with Crippen LogP contribution in [0.15, 0.2) is 12.1 Å². The van der Waals surface area contributed by atoms with Crippen molar-refractivity contribution in [2.24, 2.45) is 5.92 Å². The van der Waals surface area contributed by atoms with Gasteiger partial charge in [0.2, 0.25) is 11.7 Å². The summed E-state index contributed by atoms with van der Waals surface area (Å²) < 4.78 is 4.88. The lowest BCUT2D eigenvalue weighted by atomic mass is 10.1. The van der Waals surface area contributed by atoms with Gasteiger partial charge in [0.15, 0.2) is 0 Å². The Morgan fingerprint density at radius 2 is 2.32 bits per heavy atom. The number of methoxy groups -OCH3 is 1. The SMILES string of the molecule is CCC(CNc1nc(OC)ccc1[N+](=O)[O-])C(=O)O. The number of carboxylic acids is 1. The van der Waals surface area contributed by atoms with Crippen LogP contribution in [0.3, 0.4) is 0 Å². The monoisotopic (exact) mass is 269 g/mol. The Kier molecular flexibility index (Phi) is 5.04. The van der Waals surface area contributed by atoms with Gasteiger partial charge in [0.25, 0.3) is 0 Å². The second-order valence-corrected chi connectivity index (χ2v) is 3.80. The van der Waals surface area contributed by atoms with Gasteiger partial charge in [0.05, 0.1) is 18.0 Å². The summed E-state index contributed by atoms with van der Waals surface area (Å²) in [5, 5.41) is 22.4. The van der Waals surface area contributed by atoms with Gasteiger partial charge in [-0.25, -0.2) is 0 Å². The number of aromatic nitrogens is 1. The van der Waals surface area contributed by atoms with Crippen LogP contribution >= 0.6 is 0 Å². The second kappa shape index (κ2) is 6.53. The molecular weight excluding hydrogens is 254 g/mol. The van der Waals surface area contributed by atoms with Crippen molar-refractivity contribution in [2.75, 3.05) is 19.0 Å². The number of hydrogen-bond acceptors (Lipinski definition) is 6. The molecule has 0 radical (unpaired) electrons. The van der Waals surface area contributed by atoms with E-state index in [4.69, 9.17) is 9.84 Å². The lowest BCUT2D eigenvalue weighted by Gasteiger charge is -2.12. The molecule has 0 spiro atoms. The first-order chi connectivity index (χ1) is 8.99. The van der Waals surface area contributed by atoms with Crippen LogP contribution in [-0.2, 0) is 4.79 Å². The number of pyridine rings is 1. The average Bonchev–Trinajstić information content (AvgIpc) is 2.38. The quantitative estimate of drug-likeness (QED) is 0.569. The fraction of sp³-hybridized carbons (Fsp3) is 0.455. The Labute approximate surface area is 109 Å². The van der Waals surface area contributed by atoms with E-state index < -0.39 is 16.8 Å². The molecular formula is C11H15N3O5. The van der Waals surface area contributed by atoms with Crippen molar-refractivity contribution in [3.05, 3.63) is 22.2 Å². The minimum absolute atomic E-state index is 0.00375. The van der Waals surface area contributed by atoms with E-state index in [1.54, 1.807) is 6.92 Å². The van der Waals surface area contributed by atoms with Gasteiger partial charge in [0, 0.05) is 18.7 Å². The van der Waals surface area contributed by atoms with Crippen molar-refractivity contribution in [1.82, 2.24) is 4.98 Å². The lowest BCUT2D eigenvalue weighted by Crippen LogP contribution is -2.22. The normalized spacial score (nSPS) is 11.7. The zero-order valence-corrected chi connectivity index (χ0v) is 10.6. The van der Waals surface area contributed by atoms with Crippen molar-refractivity contribution in [3.8, 4) is 5.88 Å². The molecule has 0 aliphatic heterocycles. The number of anilines is 1. The maximum atomic E-state index is 10.9. The van der Waals surface area contributed by atoms with E-state index in [1.807, 2.05) is 0 Å². The highest BCUT2D eigenvalue weighted by Crippen LogP contribution is 2.25. The van der Waals surface area contributed by atoms with E-state index in [9.17, 15) is 14.9 Å². The van der Waals surface area contributed by atoms with E-state index in [-0.39, 0.29) is 23.9 Å². The third-order valence-electron chi connectivity index (χ3n) is 2.61. The summed E-state index contributed by atoms with van der Waals surface area (Å²) in [7, 11) is 1.39. The summed E-state index contributed by atoms with van der Waals surface area (Å²) in [6.07, 6.45) is 0.417. The van der Waals surface area contributed by atoms with Gasteiger partial charge in [-0.15, -0.1) is 0 Å². The third-order valence-corrected chi connectivity index (χ3v) is 2.61. The van der Waals surface area contributed by atoms with Crippen LogP contribution in [0.25, 0.3) is 0 Å². The first kappa shape index (κ1) is 14.7. The number of nitrogens with zero attached hydrogens (tertiary/aromatic N) is 2. The zero-order chi connectivity index (χ0) is 14.4. The molecule has 1 rings (SSSR count). The van der Waals surface area contributed by atoms with Crippen molar-refractivity contribution < 1.29 is 19.6 Å². The topological polar surface area (TPSA) is 115 Å². The van der Waals surface area contributed by atoms with Crippen molar-refractivity contribution >= 4 is 17.5 Å². The summed E-state index contributed by atoms with van der Waals surface area (Å²) >= 11 is 0. The smallest absolute Gasteiger partial charge is 0.311 e. The van der Waals surface area contributed by atoms with Crippen molar-refractivity contribution in [2.45, 2.75) is 13.3 Å². The molecule has 1 heterocycles. The molecule has 104 valence electrons. The Balaban J connectivity index is 2.91. The van der Waals surface area contributed by atoms with Crippen LogP contribution in [0.5, 0.6) is 5.88 Å². The Bertz CT molecular complexity index is 477. The number of hydrogen-bond donors (Lipinski definition) is 2. The van der Waals surface area contributed by atoms with Crippen LogP contribution in [-0.4, -0.2) is 34.6 Å². The van der Waals surface area contributed by atoms with Gasteiger partial charge in [-0.3, -0.25) is 14.9 Å². The average molecular weight is 269 g/mol. The highest BCUT2D eigenvalue weighted by Gasteiger charge is 2.20. The molecule has 8 heteroatoms. The highest BCUT2D eigenvalue weighted by molar-refractivity contribution is 5.71. The molecule has 0 aliphatic carbocycles. The molecule has 2 N–H and O–H groups in total. The zero-order valence-electron chi connectivity index (χ0n) is 10.6. The molecule has 0 saturated heterocycles. The van der Waals surface area contributed by atoms with Gasteiger partial charge in [-0.05, 0) is 6.42 Å².